The molecule has 1 unspecified atom stereocenters. The molecule has 4 rings (SSSR count). The van der Waals surface area contributed by atoms with Crippen LogP contribution in [0.5, 0.6) is 0 Å². The van der Waals surface area contributed by atoms with E-state index in [9.17, 15) is 22.8 Å². The predicted molar refractivity (Wildman–Crippen MR) is 142 cm³/mol. The summed E-state index contributed by atoms with van der Waals surface area (Å²) in [7, 11) is 0. The van der Waals surface area contributed by atoms with E-state index in [0.29, 0.717) is 23.7 Å². The maximum atomic E-state index is 12.9. The molecule has 2 aromatic rings. The molecule has 0 bridgehead atoms. The van der Waals surface area contributed by atoms with E-state index in [1.807, 2.05) is 13.0 Å². The minimum absolute atomic E-state index is 0.0320. The molecular formula is C27H29Cl2F3N4O2. The molecule has 38 heavy (non-hydrogen) atoms. The summed E-state index contributed by atoms with van der Waals surface area (Å²) < 4.78 is 38.7. The first-order valence-electron chi connectivity index (χ1n) is 12.6. The molecule has 2 N–H and O–H groups in total. The van der Waals surface area contributed by atoms with Crippen molar-refractivity contribution in [1.82, 2.24) is 15.2 Å². The lowest BCUT2D eigenvalue weighted by atomic mass is 9.94. The quantitative estimate of drug-likeness (QED) is 0.398. The van der Waals surface area contributed by atoms with E-state index in [1.54, 1.807) is 12.3 Å². The first-order valence-corrected chi connectivity index (χ1v) is 13.4. The van der Waals surface area contributed by atoms with Gasteiger partial charge in [-0.3, -0.25) is 9.78 Å². The molecule has 204 valence electrons. The van der Waals surface area contributed by atoms with Gasteiger partial charge in [0.1, 0.15) is 0 Å². The highest BCUT2D eigenvalue weighted by molar-refractivity contribution is 6.32. The van der Waals surface area contributed by atoms with Crippen molar-refractivity contribution in [1.29, 1.82) is 0 Å². The molecule has 2 aliphatic rings. The number of carbonyl (C=O) groups excluding carboxylic acids is 2. The molecule has 1 saturated carbocycles. The van der Waals surface area contributed by atoms with Crippen LogP contribution in [-0.4, -0.2) is 41.0 Å². The molecule has 2 heterocycles. The third-order valence-electron chi connectivity index (χ3n) is 7.03. The van der Waals surface area contributed by atoms with Gasteiger partial charge in [0.25, 0.3) is 0 Å². The molecule has 11 heteroatoms. The third-order valence-corrected chi connectivity index (χ3v) is 7.63. The molecule has 1 aliphatic carbocycles. The van der Waals surface area contributed by atoms with Crippen LogP contribution in [0.4, 0.5) is 23.7 Å². The molecule has 0 saturated heterocycles. The molecule has 3 amide bonds. The van der Waals surface area contributed by atoms with E-state index >= 15 is 0 Å². The van der Waals surface area contributed by atoms with Gasteiger partial charge in [-0.05, 0) is 61.6 Å². The van der Waals surface area contributed by atoms with Gasteiger partial charge >= 0.3 is 12.2 Å². The van der Waals surface area contributed by atoms with E-state index in [4.69, 9.17) is 23.2 Å². The van der Waals surface area contributed by atoms with Crippen molar-refractivity contribution in [3.8, 4) is 0 Å². The van der Waals surface area contributed by atoms with Gasteiger partial charge in [0.2, 0.25) is 5.91 Å². The van der Waals surface area contributed by atoms with Crippen molar-refractivity contribution < 1.29 is 22.8 Å². The van der Waals surface area contributed by atoms with Crippen molar-refractivity contribution >= 4 is 46.4 Å². The number of aromatic nitrogens is 1. The number of carbonyl (C=O) groups is 2. The number of hydrogen-bond acceptors (Lipinski definition) is 3. The first kappa shape index (κ1) is 28.2. The summed E-state index contributed by atoms with van der Waals surface area (Å²) in [6.07, 6.45) is 4.95. The van der Waals surface area contributed by atoms with Crippen molar-refractivity contribution in [2.75, 3.05) is 18.4 Å². The van der Waals surface area contributed by atoms with E-state index in [-0.39, 0.29) is 30.1 Å². The zero-order chi connectivity index (χ0) is 27.4. The molecule has 6 nitrogen and oxygen atoms in total. The van der Waals surface area contributed by atoms with Gasteiger partial charge in [-0.1, -0.05) is 48.5 Å². The normalized spacial score (nSPS) is 17.5. The summed E-state index contributed by atoms with van der Waals surface area (Å²) in [6.45, 7) is 2.48. The first-order chi connectivity index (χ1) is 18.0. The van der Waals surface area contributed by atoms with Gasteiger partial charge in [0.15, 0.2) is 0 Å². The van der Waals surface area contributed by atoms with E-state index in [0.717, 1.165) is 49.0 Å². The fraction of sp³-hybridized carbons (Fsp3) is 0.444. The number of halogens is 5. The standard InChI is InChI=1S/C27H29Cl2F3N4O2/c1-16(25(37)34-19-5-3-2-4-6-19)18-13-23(29)24(33-15-18)17-9-11-36(12-10-17)26(38)35-20-7-8-21(22(28)14-20)27(30,31)32/h7-9,13-16,19H,2-6,10-12H2,1H3,(H,34,37)(H,35,38). The third kappa shape index (κ3) is 6.80. The van der Waals surface area contributed by atoms with Gasteiger partial charge < -0.3 is 15.5 Å². The maximum absolute atomic E-state index is 12.9. The highest BCUT2D eigenvalue weighted by atomic mass is 35.5. The number of nitrogens with zero attached hydrogens (tertiary/aromatic N) is 2. The van der Waals surface area contributed by atoms with Gasteiger partial charge in [-0.25, -0.2) is 4.79 Å². The van der Waals surface area contributed by atoms with E-state index < -0.39 is 22.8 Å². The SMILES string of the molecule is CC(C(=O)NC1CCCCC1)c1cnc(C2=CCN(C(=O)Nc3ccc(C(F)(F)F)c(Cl)c3)CC2)c(Cl)c1. The molecule has 1 aromatic carbocycles. The monoisotopic (exact) mass is 568 g/mol. The number of hydrogen-bond donors (Lipinski definition) is 2. The number of urea groups is 1. The van der Waals surface area contributed by atoms with E-state index in [2.05, 4.69) is 15.6 Å². The smallest absolute Gasteiger partial charge is 0.353 e. The number of pyridine rings is 1. The number of anilines is 1. The van der Waals surface area contributed by atoms with Crippen LogP contribution in [0.1, 0.15) is 68.2 Å². The number of amides is 3. The minimum atomic E-state index is -4.57. The minimum Gasteiger partial charge on any atom is -0.353 e. The van der Waals surface area contributed by atoms with Gasteiger partial charge in [-0.2, -0.15) is 13.2 Å². The average Bonchev–Trinajstić information content (AvgIpc) is 2.88. The maximum Gasteiger partial charge on any atom is 0.417 e. The van der Waals surface area contributed by atoms with Gasteiger partial charge in [0.05, 0.1) is 27.2 Å². The second-order valence-corrected chi connectivity index (χ2v) is 10.5. The van der Waals surface area contributed by atoms with Crippen molar-refractivity contribution in [3.63, 3.8) is 0 Å². The van der Waals surface area contributed by atoms with Crippen LogP contribution in [0.25, 0.3) is 5.57 Å². The van der Waals surface area contributed by atoms with Crippen molar-refractivity contribution in [2.45, 2.75) is 63.6 Å². The topological polar surface area (TPSA) is 74.3 Å². The van der Waals surface area contributed by atoms with Crippen LogP contribution >= 0.6 is 23.2 Å². The fourth-order valence-corrected chi connectivity index (χ4v) is 5.33. The van der Waals surface area contributed by atoms with Gasteiger partial charge in [0, 0.05) is 31.0 Å². The van der Waals surface area contributed by atoms with Crippen LogP contribution in [0.15, 0.2) is 36.5 Å². The van der Waals surface area contributed by atoms with E-state index in [1.165, 1.54) is 17.4 Å². The fourth-order valence-electron chi connectivity index (χ4n) is 4.74. The van der Waals surface area contributed by atoms with Gasteiger partial charge in [-0.15, -0.1) is 0 Å². The molecular weight excluding hydrogens is 540 g/mol. The molecule has 1 atom stereocenters. The van der Waals surface area contributed by atoms with Crippen LogP contribution < -0.4 is 10.6 Å². The number of rotatable bonds is 5. The molecule has 0 radical (unpaired) electrons. The average molecular weight is 569 g/mol. The van der Waals surface area contributed by atoms with Crippen LogP contribution in [0, 0.1) is 0 Å². The molecule has 1 fully saturated rings. The second kappa shape index (κ2) is 11.9. The van der Waals surface area contributed by atoms with Crippen LogP contribution in [0.2, 0.25) is 10.0 Å². The molecule has 0 spiro atoms. The lowest BCUT2D eigenvalue weighted by Gasteiger charge is -2.27. The highest BCUT2D eigenvalue weighted by Crippen LogP contribution is 2.36. The summed E-state index contributed by atoms with van der Waals surface area (Å²) in [6, 6.07) is 4.62. The Kier molecular flexibility index (Phi) is 8.88. The van der Waals surface area contributed by atoms with Crippen LogP contribution in [0.3, 0.4) is 0 Å². The number of nitrogens with one attached hydrogen (secondary N) is 2. The zero-order valence-electron chi connectivity index (χ0n) is 20.9. The Morgan fingerprint density at radius 2 is 1.84 bits per heavy atom. The summed E-state index contributed by atoms with van der Waals surface area (Å²) in [5.74, 6) is -0.412. The Morgan fingerprint density at radius 1 is 1.11 bits per heavy atom. The Morgan fingerprint density at radius 3 is 2.45 bits per heavy atom. The summed E-state index contributed by atoms with van der Waals surface area (Å²) in [5, 5.41) is 5.67. The largest absolute Gasteiger partial charge is 0.417 e. The summed E-state index contributed by atoms with van der Waals surface area (Å²) in [5.41, 5.74) is 1.43. The molecule has 1 aromatic heterocycles. The lowest BCUT2D eigenvalue weighted by molar-refractivity contribution is -0.137. The van der Waals surface area contributed by atoms with Crippen molar-refractivity contribution in [2.24, 2.45) is 0 Å². The molecule has 1 aliphatic heterocycles. The summed E-state index contributed by atoms with van der Waals surface area (Å²) in [4.78, 5) is 31.4. The Hall–Kier alpha value is -2.78. The Balaban J connectivity index is 1.36. The van der Waals surface area contributed by atoms with Crippen molar-refractivity contribution in [3.05, 3.63) is 63.4 Å². The Labute approximate surface area is 229 Å². The Bertz CT molecular complexity index is 1230. The number of benzene rings is 1. The summed E-state index contributed by atoms with van der Waals surface area (Å²) >= 11 is 12.3. The second-order valence-electron chi connectivity index (χ2n) is 9.71. The highest BCUT2D eigenvalue weighted by Gasteiger charge is 2.33. The zero-order valence-corrected chi connectivity index (χ0v) is 22.4. The number of alkyl halides is 3. The predicted octanol–water partition coefficient (Wildman–Crippen LogP) is 7.28. The van der Waals surface area contributed by atoms with Crippen LogP contribution in [-0.2, 0) is 11.0 Å². The lowest BCUT2D eigenvalue weighted by Crippen LogP contribution is -2.38.